The van der Waals surface area contributed by atoms with Crippen LogP contribution in [-0.2, 0) is 11.3 Å². The number of hydrogen-bond donors (Lipinski definition) is 1. The number of rotatable bonds is 4. The van der Waals surface area contributed by atoms with E-state index in [9.17, 15) is 0 Å². The van der Waals surface area contributed by atoms with Crippen molar-refractivity contribution in [3.63, 3.8) is 0 Å². The number of aromatic nitrogens is 1. The highest BCUT2D eigenvalue weighted by Crippen LogP contribution is 2.41. The van der Waals surface area contributed by atoms with Crippen LogP contribution in [0.15, 0.2) is 24.5 Å². The van der Waals surface area contributed by atoms with Crippen molar-refractivity contribution >= 4 is 0 Å². The van der Waals surface area contributed by atoms with Gasteiger partial charge in [0.05, 0.1) is 12.2 Å². The first-order chi connectivity index (χ1) is 8.55. The van der Waals surface area contributed by atoms with Gasteiger partial charge in [-0.15, -0.1) is 0 Å². The second-order valence-corrected chi connectivity index (χ2v) is 6.20. The minimum absolute atomic E-state index is 0.120. The van der Waals surface area contributed by atoms with E-state index in [1.54, 1.807) is 6.20 Å². The molecular weight excluding hydrogens is 224 g/mol. The number of hydrogen-bond acceptors (Lipinski definition) is 3. The van der Waals surface area contributed by atoms with E-state index in [0.29, 0.717) is 18.6 Å². The van der Waals surface area contributed by atoms with E-state index in [1.165, 1.54) is 12.8 Å². The molecule has 100 valence electrons. The van der Waals surface area contributed by atoms with Gasteiger partial charge in [-0.05, 0) is 42.7 Å². The molecule has 0 radical (unpaired) electrons. The summed E-state index contributed by atoms with van der Waals surface area (Å²) in [7, 11) is 0. The Morgan fingerprint density at radius 3 is 2.56 bits per heavy atom. The molecular formula is C15H24N2O. The van der Waals surface area contributed by atoms with Crippen molar-refractivity contribution in [3.05, 3.63) is 30.1 Å². The van der Waals surface area contributed by atoms with E-state index in [1.807, 2.05) is 18.3 Å². The van der Waals surface area contributed by atoms with Gasteiger partial charge in [-0.1, -0.05) is 19.9 Å². The Hall–Kier alpha value is -0.930. The highest BCUT2D eigenvalue weighted by Gasteiger charge is 2.38. The van der Waals surface area contributed by atoms with Crippen molar-refractivity contribution in [2.45, 2.75) is 51.7 Å². The van der Waals surface area contributed by atoms with Crippen molar-refractivity contribution in [3.8, 4) is 0 Å². The third-order valence-electron chi connectivity index (χ3n) is 4.15. The highest BCUT2D eigenvalue weighted by molar-refractivity contribution is 5.07. The van der Waals surface area contributed by atoms with Crippen LogP contribution in [0.25, 0.3) is 0 Å². The minimum atomic E-state index is -0.120. The summed E-state index contributed by atoms with van der Waals surface area (Å²) in [5, 5.41) is 0. The van der Waals surface area contributed by atoms with E-state index in [2.05, 4.69) is 18.8 Å². The van der Waals surface area contributed by atoms with Crippen LogP contribution in [0.2, 0.25) is 0 Å². The van der Waals surface area contributed by atoms with Crippen LogP contribution in [0, 0.1) is 5.41 Å². The summed E-state index contributed by atoms with van der Waals surface area (Å²) in [5.74, 6) is 0. The zero-order valence-corrected chi connectivity index (χ0v) is 11.5. The van der Waals surface area contributed by atoms with Gasteiger partial charge >= 0.3 is 0 Å². The highest BCUT2D eigenvalue weighted by atomic mass is 16.5. The summed E-state index contributed by atoms with van der Waals surface area (Å²) in [6.07, 6.45) is 8.16. The number of nitrogens with zero attached hydrogens (tertiary/aromatic N) is 1. The van der Waals surface area contributed by atoms with Crippen molar-refractivity contribution in [1.29, 1.82) is 0 Å². The molecule has 1 aliphatic carbocycles. The molecule has 1 aromatic rings. The lowest BCUT2D eigenvalue weighted by atomic mass is 9.71. The monoisotopic (exact) mass is 248 g/mol. The number of ether oxygens (including phenoxy) is 1. The average molecular weight is 248 g/mol. The molecule has 0 aromatic carbocycles. The van der Waals surface area contributed by atoms with E-state index in [4.69, 9.17) is 10.5 Å². The Kier molecular flexibility index (Phi) is 4.03. The van der Waals surface area contributed by atoms with E-state index < -0.39 is 0 Å². The van der Waals surface area contributed by atoms with Crippen molar-refractivity contribution in [2.24, 2.45) is 11.1 Å². The summed E-state index contributed by atoms with van der Waals surface area (Å²) >= 11 is 0. The Balaban J connectivity index is 1.94. The van der Waals surface area contributed by atoms with Crippen molar-refractivity contribution < 1.29 is 4.74 Å². The SMILES string of the molecule is CC1(C)CCC(CN)(OCc2cccnc2)CC1. The molecule has 0 spiro atoms. The summed E-state index contributed by atoms with van der Waals surface area (Å²) in [5.41, 5.74) is 7.39. The van der Waals surface area contributed by atoms with Gasteiger partial charge in [0.25, 0.3) is 0 Å². The van der Waals surface area contributed by atoms with Crippen molar-refractivity contribution in [1.82, 2.24) is 4.98 Å². The predicted octanol–water partition coefficient (Wildman–Crippen LogP) is 2.90. The van der Waals surface area contributed by atoms with E-state index in [0.717, 1.165) is 18.4 Å². The molecule has 3 heteroatoms. The fraction of sp³-hybridized carbons (Fsp3) is 0.667. The van der Waals surface area contributed by atoms with Crippen LogP contribution in [0.5, 0.6) is 0 Å². The van der Waals surface area contributed by atoms with Gasteiger partial charge in [-0.3, -0.25) is 4.98 Å². The van der Waals surface area contributed by atoms with Gasteiger partial charge in [0.2, 0.25) is 0 Å². The second-order valence-electron chi connectivity index (χ2n) is 6.20. The molecule has 1 fully saturated rings. The summed E-state index contributed by atoms with van der Waals surface area (Å²) in [4.78, 5) is 4.11. The normalized spacial score (nSPS) is 21.7. The summed E-state index contributed by atoms with van der Waals surface area (Å²) in [6, 6.07) is 3.99. The quantitative estimate of drug-likeness (QED) is 0.891. The van der Waals surface area contributed by atoms with Crippen molar-refractivity contribution in [2.75, 3.05) is 6.54 Å². The molecule has 2 N–H and O–H groups in total. The Morgan fingerprint density at radius 1 is 1.28 bits per heavy atom. The van der Waals surface area contributed by atoms with Crippen LogP contribution in [0.1, 0.15) is 45.1 Å². The predicted molar refractivity (Wildman–Crippen MR) is 73.1 cm³/mol. The zero-order valence-electron chi connectivity index (χ0n) is 11.5. The molecule has 0 atom stereocenters. The standard InChI is InChI=1S/C15H24N2O/c1-14(2)5-7-15(12-16,8-6-14)18-11-13-4-3-9-17-10-13/h3-4,9-10H,5-8,11-12,16H2,1-2H3. The summed E-state index contributed by atoms with van der Waals surface area (Å²) < 4.78 is 6.13. The topological polar surface area (TPSA) is 48.1 Å². The third-order valence-corrected chi connectivity index (χ3v) is 4.15. The number of pyridine rings is 1. The van der Waals surface area contributed by atoms with Gasteiger partial charge in [0.1, 0.15) is 0 Å². The molecule has 0 unspecified atom stereocenters. The Morgan fingerprint density at radius 2 is 2.00 bits per heavy atom. The largest absolute Gasteiger partial charge is 0.369 e. The summed E-state index contributed by atoms with van der Waals surface area (Å²) in [6.45, 7) is 5.89. The maximum Gasteiger partial charge on any atom is 0.0809 e. The zero-order chi connectivity index (χ0) is 13.1. The molecule has 1 aliphatic rings. The maximum absolute atomic E-state index is 6.13. The molecule has 0 amide bonds. The molecule has 1 heterocycles. The van der Waals surface area contributed by atoms with Crippen LogP contribution >= 0.6 is 0 Å². The average Bonchev–Trinajstić information content (AvgIpc) is 2.40. The van der Waals surface area contributed by atoms with Gasteiger partial charge < -0.3 is 10.5 Å². The molecule has 3 nitrogen and oxygen atoms in total. The van der Waals surface area contributed by atoms with Gasteiger partial charge in [-0.25, -0.2) is 0 Å². The molecule has 0 bridgehead atoms. The lowest BCUT2D eigenvalue weighted by Gasteiger charge is -2.42. The van der Waals surface area contributed by atoms with Gasteiger partial charge in [0, 0.05) is 18.9 Å². The molecule has 0 aliphatic heterocycles. The minimum Gasteiger partial charge on any atom is -0.369 e. The first kappa shape index (κ1) is 13.5. The lowest BCUT2D eigenvalue weighted by Crippen LogP contribution is -2.45. The molecule has 1 saturated carbocycles. The third kappa shape index (κ3) is 3.30. The van der Waals surface area contributed by atoms with Gasteiger partial charge in [-0.2, -0.15) is 0 Å². The molecule has 18 heavy (non-hydrogen) atoms. The fourth-order valence-electron chi connectivity index (χ4n) is 2.51. The fourth-order valence-corrected chi connectivity index (χ4v) is 2.51. The first-order valence-corrected chi connectivity index (χ1v) is 6.78. The number of nitrogens with two attached hydrogens (primary N) is 1. The van der Waals surface area contributed by atoms with Crippen LogP contribution in [0.4, 0.5) is 0 Å². The molecule has 2 rings (SSSR count). The van der Waals surface area contributed by atoms with E-state index >= 15 is 0 Å². The Labute approximate surface area is 110 Å². The maximum atomic E-state index is 6.13. The van der Waals surface area contributed by atoms with E-state index in [-0.39, 0.29) is 5.60 Å². The molecule has 0 saturated heterocycles. The first-order valence-electron chi connectivity index (χ1n) is 6.78. The van der Waals surface area contributed by atoms with Crippen LogP contribution in [-0.4, -0.2) is 17.1 Å². The van der Waals surface area contributed by atoms with Crippen LogP contribution in [0.3, 0.4) is 0 Å². The lowest BCUT2D eigenvalue weighted by molar-refractivity contribution is -0.0904. The second kappa shape index (κ2) is 5.37. The molecule has 1 aromatic heterocycles. The van der Waals surface area contributed by atoms with Crippen LogP contribution < -0.4 is 5.73 Å². The smallest absolute Gasteiger partial charge is 0.0809 e. The van der Waals surface area contributed by atoms with Gasteiger partial charge in [0.15, 0.2) is 0 Å². The Bertz CT molecular complexity index is 365.